The predicted molar refractivity (Wildman–Crippen MR) is 51.5 cm³/mol. The molecule has 0 aliphatic carbocycles. The highest BCUT2D eigenvalue weighted by atomic mass is 16.5. The number of rotatable bonds is 3. The molecule has 78 valence electrons. The molecular weight excluding hydrogens is 168 g/mol. The normalized spacial score (nSPS) is 33.2. The summed E-state index contributed by atoms with van der Waals surface area (Å²) in [7, 11) is 0. The van der Waals surface area contributed by atoms with Gasteiger partial charge in [0.05, 0.1) is 18.8 Å². The number of ether oxygens (including phenoxy) is 1. The van der Waals surface area contributed by atoms with Crippen molar-refractivity contribution < 1.29 is 9.84 Å². The van der Waals surface area contributed by atoms with Crippen LogP contribution >= 0.6 is 0 Å². The SMILES string of the molecule is CC1CN(CC(O)CN)C(C)CO1. The van der Waals surface area contributed by atoms with Gasteiger partial charge in [0.2, 0.25) is 0 Å². The summed E-state index contributed by atoms with van der Waals surface area (Å²) in [6.45, 7) is 6.78. The van der Waals surface area contributed by atoms with Crippen LogP contribution < -0.4 is 5.73 Å². The lowest BCUT2D eigenvalue weighted by Gasteiger charge is -2.37. The van der Waals surface area contributed by atoms with E-state index in [2.05, 4.69) is 11.8 Å². The first kappa shape index (κ1) is 10.9. The average Bonchev–Trinajstić information content (AvgIpc) is 2.11. The van der Waals surface area contributed by atoms with Crippen molar-refractivity contribution in [3.05, 3.63) is 0 Å². The van der Waals surface area contributed by atoms with Crippen molar-refractivity contribution in [2.75, 3.05) is 26.2 Å². The summed E-state index contributed by atoms with van der Waals surface area (Å²) in [5.41, 5.74) is 5.36. The molecule has 1 aliphatic rings. The summed E-state index contributed by atoms with van der Waals surface area (Å²) >= 11 is 0. The van der Waals surface area contributed by atoms with Crippen LogP contribution in [-0.2, 0) is 4.74 Å². The van der Waals surface area contributed by atoms with Crippen LogP contribution in [0.25, 0.3) is 0 Å². The van der Waals surface area contributed by atoms with Crippen LogP contribution in [-0.4, -0.2) is 54.5 Å². The molecule has 1 aliphatic heterocycles. The molecule has 1 rings (SSSR count). The molecule has 0 aromatic carbocycles. The lowest BCUT2D eigenvalue weighted by molar-refractivity contribution is -0.0607. The first-order valence-electron chi connectivity index (χ1n) is 4.87. The van der Waals surface area contributed by atoms with Crippen molar-refractivity contribution >= 4 is 0 Å². The van der Waals surface area contributed by atoms with Crippen LogP contribution in [0.4, 0.5) is 0 Å². The van der Waals surface area contributed by atoms with Gasteiger partial charge in [-0.1, -0.05) is 0 Å². The quantitative estimate of drug-likeness (QED) is 0.622. The van der Waals surface area contributed by atoms with E-state index in [4.69, 9.17) is 10.5 Å². The Kier molecular flexibility index (Phi) is 4.12. The van der Waals surface area contributed by atoms with E-state index in [9.17, 15) is 5.11 Å². The largest absolute Gasteiger partial charge is 0.390 e. The summed E-state index contributed by atoms with van der Waals surface area (Å²) in [5.74, 6) is 0. The molecule has 1 heterocycles. The van der Waals surface area contributed by atoms with Gasteiger partial charge >= 0.3 is 0 Å². The van der Waals surface area contributed by atoms with E-state index in [0.717, 1.165) is 13.2 Å². The number of morpholine rings is 1. The summed E-state index contributed by atoms with van der Waals surface area (Å²) in [4.78, 5) is 2.23. The number of aliphatic hydroxyl groups is 1. The fraction of sp³-hybridized carbons (Fsp3) is 1.00. The Morgan fingerprint density at radius 2 is 2.31 bits per heavy atom. The van der Waals surface area contributed by atoms with Gasteiger partial charge in [-0.25, -0.2) is 0 Å². The Labute approximate surface area is 79.7 Å². The molecule has 1 saturated heterocycles. The molecular formula is C9H20N2O2. The van der Waals surface area contributed by atoms with Crippen molar-refractivity contribution in [1.82, 2.24) is 4.90 Å². The highest BCUT2D eigenvalue weighted by Gasteiger charge is 2.24. The molecule has 0 spiro atoms. The van der Waals surface area contributed by atoms with Gasteiger partial charge in [0, 0.05) is 25.7 Å². The van der Waals surface area contributed by atoms with Gasteiger partial charge in [-0.3, -0.25) is 4.90 Å². The minimum Gasteiger partial charge on any atom is -0.390 e. The molecule has 13 heavy (non-hydrogen) atoms. The maximum absolute atomic E-state index is 9.41. The molecule has 0 amide bonds. The number of β-amino-alcohol motifs (C(OH)–C–C–N with tert-alkyl or cyclic N) is 1. The molecule has 0 bridgehead atoms. The third-order valence-corrected chi connectivity index (χ3v) is 2.45. The Bertz CT molecular complexity index is 155. The second kappa shape index (κ2) is 4.91. The Hall–Kier alpha value is -0.160. The molecule has 0 saturated carbocycles. The monoisotopic (exact) mass is 188 g/mol. The second-order valence-corrected chi connectivity index (χ2v) is 3.84. The molecule has 4 nitrogen and oxygen atoms in total. The number of hydrogen-bond acceptors (Lipinski definition) is 4. The topological polar surface area (TPSA) is 58.7 Å². The first-order valence-corrected chi connectivity index (χ1v) is 4.87. The lowest BCUT2D eigenvalue weighted by atomic mass is 10.2. The van der Waals surface area contributed by atoms with E-state index in [1.807, 2.05) is 6.92 Å². The van der Waals surface area contributed by atoms with Gasteiger partial charge in [0.15, 0.2) is 0 Å². The first-order chi connectivity index (χ1) is 6.13. The van der Waals surface area contributed by atoms with Crippen LogP contribution in [0.15, 0.2) is 0 Å². The number of nitrogens with zero attached hydrogens (tertiary/aromatic N) is 1. The summed E-state index contributed by atoms with van der Waals surface area (Å²) in [5, 5.41) is 9.41. The predicted octanol–water partition coefficient (Wildman–Crippen LogP) is -0.585. The zero-order chi connectivity index (χ0) is 9.84. The van der Waals surface area contributed by atoms with E-state index in [1.54, 1.807) is 0 Å². The third kappa shape index (κ3) is 3.23. The van der Waals surface area contributed by atoms with Crippen LogP contribution in [0, 0.1) is 0 Å². The van der Waals surface area contributed by atoms with Gasteiger partial charge in [-0.05, 0) is 13.8 Å². The van der Waals surface area contributed by atoms with Crippen molar-refractivity contribution in [3.63, 3.8) is 0 Å². The number of nitrogens with two attached hydrogens (primary N) is 1. The lowest BCUT2D eigenvalue weighted by Crippen LogP contribution is -2.50. The fourth-order valence-corrected chi connectivity index (χ4v) is 1.57. The molecule has 4 heteroatoms. The number of aliphatic hydroxyl groups excluding tert-OH is 1. The molecule has 3 N–H and O–H groups in total. The van der Waals surface area contributed by atoms with Gasteiger partial charge in [-0.15, -0.1) is 0 Å². The maximum Gasteiger partial charge on any atom is 0.0789 e. The third-order valence-electron chi connectivity index (χ3n) is 2.45. The summed E-state index contributed by atoms with van der Waals surface area (Å²) in [6.07, 6.45) is -0.145. The maximum atomic E-state index is 9.41. The minimum absolute atomic E-state index is 0.265. The minimum atomic E-state index is -0.409. The van der Waals surface area contributed by atoms with Crippen molar-refractivity contribution in [1.29, 1.82) is 0 Å². The standard InChI is InChI=1S/C9H20N2O2/c1-7-6-13-8(2)4-11(7)5-9(12)3-10/h7-9,12H,3-6,10H2,1-2H3. The van der Waals surface area contributed by atoms with E-state index in [-0.39, 0.29) is 6.10 Å². The molecule has 0 aromatic rings. The summed E-state index contributed by atoms with van der Waals surface area (Å²) in [6, 6.07) is 0.386. The molecule has 3 atom stereocenters. The van der Waals surface area contributed by atoms with Gasteiger partial charge in [0.25, 0.3) is 0 Å². The van der Waals surface area contributed by atoms with E-state index in [1.165, 1.54) is 0 Å². The zero-order valence-corrected chi connectivity index (χ0v) is 8.44. The average molecular weight is 188 g/mol. The van der Waals surface area contributed by atoms with Crippen LogP contribution in [0.1, 0.15) is 13.8 Å². The highest BCUT2D eigenvalue weighted by Crippen LogP contribution is 2.11. The molecule has 0 radical (unpaired) electrons. The number of hydrogen-bond donors (Lipinski definition) is 2. The Morgan fingerprint density at radius 3 is 2.92 bits per heavy atom. The van der Waals surface area contributed by atoms with Crippen LogP contribution in [0.3, 0.4) is 0 Å². The zero-order valence-electron chi connectivity index (χ0n) is 8.44. The van der Waals surface area contributed by atoms with Crippen LogP contribution in [0.5, 0.6) is 0 Å². The smallest absolute Gasteiger partial charge is 0.0789 e. The van der Waals surface area contributed by atoms with Crippen molar-refractivity contribution in [2.45, 2.75) is 32.1 Å². The van der Waals surface area contributed by atoms with E-state index >= 15 is 0 Å². The van der Waals surface area contributed by atoms with Gasteiger partial charge < -0.3 is 15.6 Å². The van der Waals surface area contributed by atoms with Gasteiger partial charge in [0.1, 0.15) is 0 Å². The Balaban J connectivity index is 2.37. The van der Waals surface area contributed by atoms with Crippen LogP contribution in [0.2, 0.25) is 0 Å². The van der Waals surface area contributed by atoms with Gasteiger partial charge in [-0.2, -0.15) is 0 Å². The molecule has 3 unspecified atom stereocenters. The molecule has 0 aromatic heterocycles. The molecule has 1 fully saturated rings. The second-order valence-electron chi connectivity index (χ2n) is 3.84. The van der Waals surface area contributed by atoms with E-state index in [0.29, 0.717) is 19.1 Å². The van der Waals surface area contributed by atoms with Crippen molar-refractivity contribution in [2.24, 2.45) is 5.73 Å². The summed E-state index contributed by atoms with van der Waals surface area (Å²) < 4.78 is 5.48. The fourth-order valence-electron chi connectivity index (χ4n) is 1.57. The van der Waals surface area contributed by atoms with E-state index < -0.39 is 6.10 Å². The highest BCUT2D eigenvalue weighted by molar-refractivity contribution is 4.77. The Morgan fingerprint density at radius 1 is 1.62 bits per heavy atom. The van der Waals surface area contributed by atoms with Crippen molar-refractivity contribution in [3.8, 4) is 0 Å².